The monoisotopic (exact) mass is 715 g/mol. The van der Waals surface area contributed by atoms with E-state index in [4.69, 9.17) is 16.3 Å². The standard InChI is InChI=1S/C39H50ClN7O4/c1-26-5-12-30(13-6-26)47(39(50)35-4-3-19-51-35)31-20-34(38(49)44-17-15-43(2)16-18-44)46(23-31)37(48)33-25-45(36-14-7-27(21-41)22-42-36)24-32(33)28-8-10-29(40)11-9-28/h7-11,14,22,26,30-35H,3-6,12-13,15-20,23-25H2,1-2H3/t26?,30?,31-,32-,33+,34-,35?/m0/s1. The SMILES string of the molecule is CC1CCC(N(C(=O)C2CCCO2)[C@H]2C[C@@H](C(=O)N3CCN(C)CC3)N(C(=O)[C@@H]3CN(c4ccc(C#N)cn4)C[C@H]3c3ccc(Cl)cc3)C2)CC1. The van der Waals surface area contributed by atoms with Gasteiger partial charge in [0, 0.05) is 75.6 Å². The lowest BCUT2D eigenvalue weighted by Crippen LogP contribution is -2.54. The summed E-state index contributed by atoms with van der Waals surface area (Å²) < 4.78 is 5.95. The van der Waals surface area contributed by atoms with Crippen molar-refractivity contribution in [2.45, 2.75) is 82.0 Å². The summed E-state index contributed by atoms with van der Waals surface area (Å²) in [6.07, 6.45) is 7.07. The van der Waals surface area contributed by atoms with E-state index in [1.807, 2.05) is 40.1 Å². The first-order chi connectivity index (χ1) is 24.7. The first-order valence-electron chi connectivity index (χ1n) is 18.8. The number of aromatic nitrogens is 1. The fraction of sp³-hybridized carbons (Fsp3) is 0.615. The summed E-state index contributed by atoms with van der Waals surface area (Å²) in [6.45, 7) is 6.96. The van der Waals surface area contributed by atoms with E-state index in [0.717, 1.165) is 50.8 Å². The molecule has 51 heavy (non-hydrogen) atoms. The fourth-order valence-corrected chi connectivity index (χ4v) is 9.12. The zero-order valence-corrected chi connectivity index (χ0v) is 30.6. The lowest BCUT2D eigenvalue weighted by molar-refractivity contribution is -0.148. The number of pyridine rings is 1. The molecule has 5 aliphatic rings. The summed E-state index contributed by atoms with van der Waals surface area (Å²) in [5, 5.41) is 9.97. The Bertz CT molecular complexity index is 1590. The summed E-state index contributed by atoms with van der Waals surface area (Å²) in [7, 11) is 2.06. The number of hydrogen-bond donors (Lipinski definition) is 0. The molecule has 1 aliphatic carbocycles. The molecule has 4 aliphatic heterocycles. The van der Waals surface area contributed by atoms with Gasteiger partial charge in [0.2, 0.25) is 11.8 Å². The second kappa shape index (κ2) is 15.5. The molecule has 11 nitrogen and oxygen atoms in total. The van der Waals surface area contributed by atoms with Gasteiger partial charge < -0.3 is 29.2 Å². The van der Waals surface area contributed by atoms with Crippen LogP contribution in [0, 0.1) is 23.2 Å². The number of carbonyl (C=O) groups is 3. The van der Waals surface area contributed by atoms with Crippen LogP contribution in [0.15, 0.2) is 42.6 Å². The zero-order valence-electron chi connectivity index (χ0n) is 29.8. The lowest BCUT2D eigenvalue weighted by atomic mass is 9.85. The van der Waals surface area contributed by atoms with Crippen molar-refractivity contribution in [1.29, 1.82) is 5.26 Å². The summed E-state index contributed by atoms with van der Waals surface area (Å²) in [4.78, 5) is 58.7. The van der Waals surface area contributed by atoms with Crippen molar-refractivity contribution in [2.24, 2.45) is 11.8 Å². The van der Waals surface area contributed by atoms with Crippen molar-refractivity contribution in [3.8, 4) is 6.07 Å². The minimum atomic E-state index is -0.652. The van der Waals surface area contributed by atoms with Gasteiger partial charge in [0.1, 0.15) is 24.0 Å². The normalized spacial score (nSPS) is 30.0. The van der Waals surface area contributed by atoms with Crippen LogP contribution in [0.25, 0.3) is 0 Å². The van der Waals surface area contributed by atoms with Gasteiger partial charge in [-0.15, -0.1) is 0 Å². The third-order valence-electron chi connectivity index (χ3n) is 12.0. The number of amides is 3. The second-order valence-corrected chi connectivity index (χ2v) is 15.8. The average molecular weight is 716 g/mol. The summed E-state index contributed by atoms with van der Waals surface area (Å²) >= 11 is 6.29. The highest BCUT2D eigenvalue weighted by atomic mass is 35.5. The molecule has 5 heterocycles. The van der Waals surface area contributed by atoms with Crippen molar-refractivity contribution in [3.63, 3.8) is 0 Å². The summed E-state index contributed by atoms with van der Waals surface area (Å²) in [6, 6.07) is 12.5. The first kappa shape index (κ1) is 35.7. The molecule has 0 bridgehead atoms. The van der Waals surface area contributed by atoms with Crippen LogP contribution in [0.5, 0.6) is 0 Å². The van der Waals surface area contributed by atoms with Gasteiger partial charge in [0.05, 0.1) is 17.5 Å². The largest absolute Gasteiger partial charge is 0.368 e. The van der Waals surface area contributed by atoms with Crippen LogP contribution >= 0.6 is 11.6 Å². The van der Waals surface area contributed by atoms with E-state index in [1.54, 1.807) is 12.3 Å². The van der Waals surface area contributed by atoms with E-state index < -0.39 is 18.1 Å². The maximum atomic E-state index is 15.1. The van der Waals surface area contributed by atoms with E-state index in [2.05, 4.69) is 39.7 Å². The van der Waals surface area contributed by atoms with Crippen molar-refractivity contribution in [1.82, 2.24) is 24.6 Å². The van der Waals surface area contributed by atoms with Crippen LogP contribution in [-0.2, 0) is 19.1 Å². The smallest absolute Gasteiger partial charge is 0.252 e. The van der Waals surface area contributed by atoms with Gasteiger partial charge in [-0.2, -0.15) is 5.26 Å². The summed E-state index contributed by atoms with van der Waals surface area (Å²) in [5.74, 6) is 0.630. The van der Waals surface area contributed by atoms with Crippen molar-refractivity contribution in [2.75, 3.05) is 64.4 Å². The highest BCUT2D eigenvalue weighted by molar-refractivity contribution is 6.30. The van der Waals surface area contributed by atoms with Crippen LogP contribution in [0.1, 0.15) is 68.9 Å². The predicted octanol–water partition coefficient (Wildman–Crippen LogP) is 4.16. The van der Waals surface area contributed by atoms with Crippen LogP contribution in [0.2, 0.25) is 5.02 Å². The molecule has 7 rings (SSSR count). The Hall–Kier alpha value is -3.72. The maximum Gasteiger partial charge on any atom is 0.252 e. The van der Waals surface area contributed by atoms with Crippen LogP contribution in [-0.4, -0.2) is 126 Å². The van der Waals surface area contributed by atoms with Crippen molar-refractivity contribution >= 4 is 35.1 Å². The second-order valence-electron chi connectivity index (χ2n) is 15.4. The topological polar surface area (TPSA) is 113 Å². The third-order valence-corrected chi connectivity index (χ3v) is 12.3. The predicted molar refractivity (Wildman–Crippen MR) is 194 cm³/mol. The Morgan fingerprint density at radius 1 is 0.922 bits per heavy atom. The van der Waals surface area contributed by atoms with Crippen molar-refractivity contribution in [3.05, 3.63) is 58.7 Å². The molecule has 272 valence electrons. The van der Waals surface area contributed by atoms with E-state index >= 15 is 4.79 Å². The van der Waals surface area contributed by atoms with E-state index in [-0.39, 0.29) is 35.7 Å². The number of anilines is 1. The molecule has 1 unspecified atom stereocenters. The first-order valence-corrected chi connectivity index (χ1v) is 19.2. The molecular formula is C39H50ClN7O4. The number of carbonyl (C=O) groups excluding carboxylic acids is 3. The molecule has 1 saturated carbocycles. The van der Waals surface area contributed by atoms with Gasteiger partial charge in [0.15, 0.2) is 0 Å². The van der Waals surface area contributed by atoms with E-state index in [1.165, 1.54) is 0 Å². The molecule has 12 heteroatoms. The molecule has 1 aromatic heterocycles. The number of rotatable bonds is 7. The maximum absolute atomic E-state index is 15.1. The lowest BCUT2D eigenvalue weighted by Gasteiger charge is -2.41. The van der Waals surface area contributed by atoms with Crippen LogP contribution < -0.4 is 4.90 Å². The number of nitriles is 1. The minimum Gasteiger partial charge on any atom is -0.368 e. The van der Waals surface area contributed by atoms with Gasteiger partial charge in [-0.25, -0.2) is 4.98 Å². The van der Waals surface area contributed by atoms with E-state index in [0.29, 0.717) is 74.5 Å². The Labute approximate surface area is 306 Å². The molecule has 5 fully saturated rings. The molecule has 5 atom stereocenters. The Balaban J connectivity index is 1.21. The number of nitrogens with zero attached hydrogens (tertiary/aromatic N) is 7. The third kappa shape index (κ3) is 7.60. The number of piperazine rings is 1. The van der Waals surface area contributed by atoms with Gasteiger partial charge in [-0.1, -0.05) is 30.7 Å². The van der Waals surface area contributed by atoms with Gasteiger partial charge in [-0.3, -0.25) is 14.4 Å². The Morgan fingerprint density at radius 2 is 1.67 bits per heavy atom. The summed E-state index contributed by atoms with van der Waals surface area (Å²) in [5.41, 5.74) is 1.47. The Kier molecular flexibility index (Phi) is 10.8. The van der Waals surface area contributed by atoms with Gasteiger partial charge in [-0.05, 0) is 87.7 Å². The molecule has 0 spiro atoms. The fourth-order valence-electron chi connectivity index (χ4n) is 8.99. The number of likely N-dealkylation sites (N-methyl/N-ethyl adjacent to an activating group) is 1. The zero-order chi connectivity index (χ0) is 35.6. The number of ether oxygens (including phenoxy) is 1. The highest BCUT2D eigenvalue weighted by Gasteiger charge is 2.51. The molecule has 0 radical (unpaired) electrons. The average Bonchev–Trinajstić information content (AvgIpc) is 3.94. The van der Waals surface area contributed by atoms with E-state index in [9.17, 15) is 14.9 Å². The quantitative estimate of drug-likeness (QED) is 0.420. The highest BCUT2D eigenvalue weighted by Crippen LogP contribution is 2.40. The van der Waals surface area contributed by atoms with Gasteiger partial charge in [0.25, 0.3) is 5.91 Å². The number of likely N-dealkylation sites (tertiary alicyclic amines) is 1. The molecular weight excluding hydrogens is 666 g/mol. The molecule has 2 aromatic rings. The Morgan fingerprint density at radius 3 is 2.31 bits per heavy atom. The number of halogens is 1. The molecule has 1 aromatic carbocycles. The molecule has 3 amide bonds. The van der Waals surface area contributed by atoms with Crippen LogP contribution in [0.3, 0.4) is 0 Å². The molecule has 4 saturated heterocycles. The van der Waals surface area contributed by atoms with Crippen molar-refractivity contribution < 1.29 is 19.1 Å². The van der Waals surface area contributed by atoms with Gasteiger partial charge >= 0.3 is 0 Å². The van der Waals surface area contributed by atoms with Crippen LogP contribution in [0.4, 0.5) is 5.82 Å². The molecule has 0 N–H and O–H groups in total. The number of hydrogen-bond acceptors (Lipinski definition) is 8. The minimum absolute atomic E-state index is 0.0209. The number of benzene rings is 1.